The van der Waals surface area contributed by atoms with Crippen molar-refractivity contribution in [1.29, 1.82) is 0 Å². The van der Waals surface area contributed by atoms with E-state index in [-0.39, 0.29) is 0 Å². The molecule has 0 aliphatic heterocycles. The lowest BCUT2D eigenvalue weighted by atomic mass is 10.0. The molecule has 12 rings (SSSR count). The zero-order valence-electron chi connectivity index (χ0n) is 29.4. The molecule has 3 nitrogen and oxygen atoms in total. The lowest BCUT2D eigenvalue weighted by Gasteiger charge is -2.11. The van der Waals surface area contributed by atoms with Crippen LogP contribution in [-0.2, 0) is 0 Å². The largest absolute Gasteiger partial charge is 0.309 e. The quantitative estimate of drug-likeness (QED) is 0.180. The SMILES string of the molecule is c1ccc(-c2ccc(-c3nc(-c4ccc5c(c4)sc4cccc(-n6c7ccccc7c7cc8ccccc8cc76)c45)nc4c3sc3ccccc34)cc2)cc1. The van der Waals surface area contributed by atoms with E-state index < -0.39 is 0 Å². The smallest absolute Gasteiger partial charge is 0.160 e. The minimum absolute atomic E-state index is 0.743. The molecular weight excluding hydrogens is 707 g/mol. The van der Waals surface area contributed by atoms with Crippen molar-refractivity contribution in [2.75, 3.05) is 0 Å². The second-order valence-electron chi connectivity index (χ2n) is 14.1. The van der Waals surface area contributed by atoms with E-state index >= 15 is 0 Å². The summed E-state index contributed by atoms with van der Waals surface area (Å²) in [5, 5.41) is 8.71. The summed E-state index contributed by atoms with van der Waals surface area (Å²) in [6, 6.07) is 63.6. The van der Waals surface area contributed by atoms with E-state index in [4.69, 9.17) is 9.97 Å². The molecule has 4 heterocycles. The molecule has 0 saturated carbocycles. The number of nitrogens with zero attached hydrogens (tertiary/aromatic N) is 3. The van der Waals surface area contributed by atoms with E-state index in [1.807, 2.05) is 11.3 Å². The lowest BCUT2D eigenvalue weighted by Crippen LogP contribution is -1.95. The third-order valence-corrected chi connectivity index (χ3v) is 13.3. The molecule has 0 N–H and O–H groups in total. The Kier molecular flexibility index (Phi) is 6.67. The molecule has 0 amide bonds. The molecular formula is C50H29N3S2. The zero-order chi connectivity index (χ0) is 36.0. The van der Waals surface area contributed by atoms with Crippen LogP contribution >= 0.6 is 22.7 Å². The van der Waals surface area contributed by atoms with Gasteiger partial charge in [-0.05, 0) is 64.4 Å². The van der Waals surface area contributed by atoms with Gasteiger partial charge in [-0.15, -0.1) is 22.7 Å². The number of benzene rings is 8. The maximum atomic E-state index is 5.35. The Labute approximate surface area is 324 Å². The highest BCUT2D eigenvalue weighted by Crippen LogP contribution is 2.44. The van der Waals surface area contributed by atoms with Gasteiger partial charge in [0.15, 0.2) is 5.82 Å². The van der Waals surface area contributed by atoms with Gasteiger partial charge in [0, 0.05) is 52.2 Å². The number of para-hydroxylation sites is 1. The van der Waals surface area contributed by atoms with Gasteiger partial charge in [-0.2, -0.15) is 0 Å². The first-order valence-corrected chi connectivity index (χ1v) is 20.1. The van der Waals surface area contributed by atoms with Crippen molar-refractivity contribution in [3.05, 3.63) is 176 Å². The zero-order valence-corrected chi connectivity index (χ0v) is 31.0. The fourth-order valence-electron chi connectivity index (χ4n) is 8.41. The molecule has 55 heavy (non-hydrogen) atoms. The first-order valence-electron chi connectivity index (χ1n) is 18.5. The average Bonchev–Trinajstić information content (AvgIpc) is 3.92. The monoisotopic (exact) mass is 735 g/mol. The standard InChI is InChI=1S/C50H29N3S2/c1-2-11-30(12-3-1)31-21-23-32(24-22-31)47-49-48(38-16-7-9-19-43(38)55-49)52-50(51-47)35-25-26-37-45(29-35)54-44-20-10-18-41(46(37)44)53-40-17-8-6-15-36(40)39-27-33-13-4-5-14-34(33)28-42(39)53/h1-29H. The number of rotatable bonds is 4. The second-order valence-corrected chi connectivity index (χ2v) is 16.3. The van der Waals surface area contributed by atoms with Gasteiger partial charge in [-0.1, -0.05) is 133 Å². The van der Waals surface area contributed by atoms with Gasteiger partial charge in [-0.3, -0.25) is 0 Å². The van der Waals surface area contributed by atoms with Crippen LogP contribution in [0.2, 0.25) is 0 Å². The Morgan fingerprint density at radius 3 is 1.96 bits per heavy atom. The van der Waals surface area contributed by atoms with Crippen LogP contribution in [-0.4, -0.2) is 14.5 Å². The van der Waals surface area contributed by atoms with Crippen LogP contribution in [0, 0.1) is 0 Å². The maximum Gasteiger partial charge on any atom is 0.160 e. The van der Waals surface area contributed by atoms with Gasteiger partial charge in [-0.25, -0.2) is 9.97 Å². The predicted molar refractivity (Wildman–Crippen MR) is 236 cm³/mol. The third kappa shape index (κ3) is 4.74. The van der Waals surface area contributed by atoms with Crippen molar-refractivity contribution >= 4 is 95.7 Å². The molecule has 0 fully saturated rings. The molecule has 0 aliphatic rings. The summed E-state index contributed by atoms with van der Waals surface area (Å²) in [5.41, 5.74) is 10.1. The Hall–Kier alpha value is -6.66. The summed E-state index contributed by atoms with van der Waals surface area (Å²) in [5.74, 6) is 0.743. The summed E-state index contributed by atoms with van der Waals surface area (Å²) in [6.45, 7) is 0. The Morgan fingerprint density at radius 1 is 0.400 bits per heavy atom. The van der Waals surface area contributed by atoms with Gasteiger partial charge in [0.2, 0.25) is 0 Å². The Balaban J connectivity index is 1.05. The molecule has 0 spiro atoms. The molecule has 4 aromatic heterocycles. The van der Waals surface area contributed by atoms with Crippen molar-refractivity contribution in [2.45, 2.75) is 0 Å². The summed E-state index contributed by atoms with van der Waals surface area (Å²) < 4.78 is 7.28. The van der Waals surface area contributed by atoms with Crippen molar-refractivity contribution in [3.8, 4) is 39.5 Å². The first-order chi connectivity index (χ1) is 27.2. The maximum absolute atomic E-state index is 5.35. The predicted octanol–water partition coefficient (Wildman–Crippen LogP) is 14.5. The van der Waals surface area contributed by atoms with Gasteiger partial charge in [0.1, 0.15) is 0 Å². The van der Waals surface area contributed by atoms with Gasteiger partial charge in [0.05, 0.1) is 32.6 Å². The summed E-state index contributed by atoms with van der Waals surface area (Å²) in [6.07, 6.45) is 0. The van der Waals surface area contributed by atoms with Crippen LogP contribution in [0.15, 0.2) is 176 Å². The summed E-state index contributed by atoms with van der Waals surface area (Å²) >= 11 is 3.61. The molecule has 0 atom stereocenters. The lowest BCUT2D eigenvalue weighted by molar-refractivity contribution is 1.20. The Bertz CT molecular complexity index is 3480. The number of hydrogen-bond acceptors (Lipinski definition) is 4. The summed E-state index contributed by atoms with van der Waals surface area (Å²) in [7, 11) is 0. The average molecular weight is 736 g/mol. The normalized spacial score (nSPS) is 12.0. The molecule has 0 bridgehead atoms. The van der Waals surface area contributed by atoms with Crippen LogP contribution in [0.4, 0.5) is 0 Å². The molecule has 8 aromatic carbocycles. The minimum atomic E-state index is 0.743. The van der Waals surface area contributed by atoms with Gasteiger partial charge < -0.3 is 4.57 Å². The van der Waals surface area contributed by atoms with E-state index in [0.29, 0.717) is 0 Å². The highest BCUT2D eigenvalue weighted by atomic mass is 32.1. The van der Waals surface area contributed by atoms with Crippen LogP contribution in [0.1, 0.15) is 0 Å². The van der Waals surface area contributed by atoms with Crippen molar-refractivity contribution < 1.29 is 0 Å². The van der Waals surface area contributed by atoms with E-state index in [2.05, 4.69) is 180 Å². The number of aromatic nitrogens is 3. The molecule has 0 saturated heterocycles. The molecule has 12 aromatic rings. The van der Waals surface area contributed by atoms with E-state index in [1.54, 1.807) is 11.3 Å². The van der Waals surface area contributed by atoms with Crippen LogP contribution in [0.3, 0.4) is 0 Å². The third-order valence-electron chi connectivity index (χ3n) is 11.0. The number of hydrogen-bond donors (Lipinski definition) is 0. The highest BCUT2D eigenvalue weighted by Gasteiger charge is 2.20. The molecule has 0 unspecified atom stereocenters. The van der Waals surface area contributed by atoms with Crippen LogP contribution in [0.5, 0.6) is 0 Å². The highest BCUT2D eigenvalue weighted by molar-refractivity contribution is 7.26. The van der Waals surface area contributed by atoms with Gasteiger partial charge in [0.25, 0.3) is 0 Å². The van der Waals surface area contributed by atoms with E-state index in [1.165, 1.54) is 79.7 Å². The molecule has 256 valence electrons. The summed E-state index contributed by atoms with van der Waals surface area (Å²) in [4.78, 5) is 10.6. The number of thiophene rings is 2. The fourth-order valence-corrected chi connectivity index (χ4v) is 10.7. The molecule has 0 radical (unpaired) electrons. The van der Waals surface area contributed by atoms with Crippen molar-refractivity contribution in [2.24, 2.45) is 0 Å². The Morgan fingerprint density at radius 2 is 1.09 bits per heavy atom. The van der Waals surface area contributed by atoms with Crippen molar-refractivity contribution in [1.82, 2.24) is 14.5 Å². The topological polar surface area (TPSA) is 30.7 Å². The number of fused-ring (bicyclic) bond motifs is 10. The van der Waals surface area contributed by atoms with E-state index in [0.717, 1.165) is 32.9 Å². The molecule has 0 aliphatic carbocycles. The fraction of sp³-hybridized carbons (Fsp3) is 0. The second kappa shape index (κ2) is 11.9. The minimum Gasteiger partial charge on any atom is -0.309 e. The van der Waals surface area contributed by atoms with E-state index in [9.17, 15) is 0 Å². The first kappa shape index (κ1) is 30.8. The van der Waals surface area contributed by atoms with Crippen LogP contribution in [0.25, 0.3) is 113 Å². The van der Waals surface area contributed by atoms with Gasteiger partial charge >= 0.3 is 0 Å². The van der Waals surface area contributed by atoms with Crippen LogP contribution < -0.4 is 0 Å². The van der Waals surface area contributed by atoms with Crippen molar-refractivity contribution in [3.63, 3.8) is 0 Å². The molecule has 5 heteroatoms.